The Morgan fingerprint density at radius 3 is 1.81 bits per heavy atom. The Balaban J connectivity index is 1.75. The van der Waals surface area contributed by atoms with Crippen molar-refractivity contribution in [1.82, 2.24) is 5.32 Å². The van der Waals surface area contributed by atoms with Crippen molar-refractivity contribution in [3.05, 3.63) is 54.1 Å². The third-order valence-corrected chi connectivity index (χ3v) is 3.48. The maximum absolute atomic E-state index is 13.4. The van der Waals surface area contributed by atoms with Crippen LogP contribution in [0.1, 0.15) is 5.56 Å². The molecule has 5 nitrogen and oxygen atoms in total. The van der Waals surface area contributed by atoms with Gasteiger partial charge < -0.3 is 14.8 Å². The number of urea groups is 1. The van der Waals surface area contributed by atoms with Crippen molar-refractivity contribution >= 4 is 11.7 Å². The summed E-state index contributed by atoms with van der Waals surface area (Å²) in [6.45, 7) is 0. The number of halogens is 6. The Labute approximate surface area is 147 Å². The van der Waals surface area contributed by atoms with E-state index in [0.29, 0.717) is 12.1 Å². The van der Waals surface area contributed by atoms with Gasteiger partial charge in [0.25, 0.3) is 0 Å². The molecule has 2 amide bonds. The first-order valence-electron chi connectivity index (χ1n) is 7.30. The van der Waals surface area contributed by atoms with E-state index in [9.17, 15) is 31.1 Å². The second-order valence-corrected chi connectivity index (χ2v) is 5.42. The zero-order chi connectivity index (χ0) is 19.9. The molecule has 0 aromatic heterocycles. The fourth-order valence-corrected chi connectivity index (χ4v) is 2.24. The molecule has 0 atom stereocenters. The number of alkyl halides is 6. The van der Waals surface area contributed by atoms with E-state index in [1.54, 1.807) is 0 Å². The summed E-state index contributed by atoms with van der Waals surface area (Å²) in [6, 6.07) is 7.02. The molecule has 1 heterocycles. The van der Waals surface area contributed by atoms with Crippen LogP contribution < -0.4 is 20.1 Å². The van der Waals surface area contributed by atoms with E-state index in [4.69, 9.17) is 9.47 Å². The number of nitrogens with one attached hydrogen (secondary N) is 2. The van der Waals surface area contributed by atoms with Gasteiger partial charge in [-0.05, 0) is 36.4 Å². The number of hydrogen-bond donors (Lipinski definition) is 2. The van der Waals surface area contributed by atoms with Crippen LogP contribution in [-0.4, -0.2) is 18.1 Å². The first-order chi connectivity index (χ1) is 12.5. The lowest BCUT2D eigenvalue weighted by atomic mass is 10.2. The molecule has 0 spiro atoms. The van der Waals surface area contributed by atoms with E-state index in [1.165, 1.54) is 29.6 Å². The van der Waals surface area contributed by atoms with Gasteiger partial charge in [0.15, 0.2) is 11.5 Å². The quantitative estimate of drug-likeness (QED) is 0.740. The molecule has 144 valence electrons. The van der Waals surface area contributed by atoms with Gasteiger partial charge in [-0.3, -0.25) is 5.32 Å². The molecule has 0 bridgehead atoms. The first-order valence-corrected chi connectivity index (χ1v) is 7.30. The molecule has 1 aliphatic rings. The fourth-order valence-electron chi connectivity index (χ4n) is 2.24. The van der Waals surface area contributed by atoms with Crippen LogP contribution >= 0.6 is 0 Å². The molecule has 0 unspecified atom stereocenters. The molecular weight excluding hydrogens is 382 g/mol. The molecule has 0 radical (unpaired) electrons. The molecule has 0 fully saturated rings. The number of hydrogen-bond acceptors (Lipinski definition) is 3. The standard InChI is InChI=1S/C16H10F6N2O3/c17-14(18,19)9-5-7-10(8-6-9)23-13(25)24-16(15(20,21)22)26-11-3-1-2-4-12(11)27-16/h1-8H,(H2,23,24,25). The van der Waals surface area contributed by atoms with E-state index in [0.717, 1.165) is 12.1 Å². The lowest BCUT2D eigenvalue weighted by Gasteiger charge is -2.29. The minimum atomic E-state index is -5.15. The number of benzene rings is 2. The Hall–Kier alpha value is -3.11. The van der Waals surface area contributed by atoms with Crippen LogP contribution in [0, 0.1) is 0 Å². The second kappa shape index (κ2) is 6.25. The highest BCUT2D eigenvalue weighted by molar-refractivity contribution is 5.89. The second-order valence-electron chi connectivity index (χ2n) is 5.42. The Kier molecular flexibility index (Phi) is 4.32. The highest BCUT2D eigenvalue weighted by atomic mass is 19.4. The van der Waals surface area contributed by atoms with Gasteiger partial charge in [0.2, 0.25) is 0 Å². The van der Waals surface area contributed by atoms with Gasteiger partial charge in [0.1, 0.15) is 0 Å². The summed E-state index contributed by atoms with van der Waals surface area (Å²) in [5.74, 6) is -3.93. The van der Waals surface area contributed by atoms with Crippen LogP contribution in [0.15, 0.2) is 48.5 Å². The fraction of sp³-hybridized carbons (Fsp3) is 0.188. The molecule has 1 aliphatic heterocycles. The number of carbonyl (C=O) groups is 1. The Morgan fingerprint density at radius 2 is 1.37 bits per heavy atom. The summed E-state index contributed by atoms with van der Waals surface area (Å²) in [5.41, 5.74) is -1.13. The van der Waals surface area contributed by atoms with Crippen molar-refractivity contribution in [3.8, 4) is 11.5 Å². The molecule has 0 aliphatic carbocycles. The molecule has 2 aromatic rings. The maximum Gasteiger partial charge on any atom is 0.492 e. The highest BCUT2D eigenvalue weighted by Crippen LogP contribution is 2.44. The van der Waals surface area contributed by atoms with Crippen LogP contribution in [0.25, 0.3) is 0 Å². The SMILES string of the molecule is O=C(Nc1ccc(C(F)(F)F)cc1)NC1(C(F)(F)F)Oc2ccccc2O1. The molecular formula is C16H10F6N2O3. The van der Waals surface area contributed by atoms with Gasteiger partial charge in [0.05, 0.1) is 5.56 Å². The number of ether oxygens (including phenoxy) is 2. The van der Waals surface area contributed by atoms with Gasteiger partial charge >= 0.3 is 24.3 Å². The average Bonchev–Trinajstić information content (AvgIpc) is 2.93. The lowest BCUT2D eigenvalue weighted by molar-refractivity contribution is -0.317. The minimum Gasteiger partial charge on any atom is -0.424 e. The number of para-hydroxylation sites is 2. The highest BCUT2D eigenvalue weighted by Gasteiger charge is 2.65. The lowest BCUT2D eigenvalue weighted by Crippen LogP contribution is -2.65. The molecule has 27 heavy (non-hydrogen) atoms. The summed E-state index contributed by atoms with van der Waals surface area (Å²) in [4.78, 5) is 11.9. The van der Waals surface area contributed by atoms with Gasteiger partial charge in [-0.15, -0.1) is 0 Å². The Bertz CT molecular complexity index is 823. The predicted molar refractivity (Wildman–Crippen MR) is 80.1 cm³/mol. The van der Waals surface area contributed by atoms with E-state index in [1.807, 2.05) is 5.32 Å². The summed E-state index contributed by atoms with van der Waals surface area (Å²) in [6.07, 6.45) is -9.73. The summed E-state index contributed by atoms with van der Waals surface area (Å²) in [5, 5.41) is 3.52. The largest absolute Gasteiger partial charge is 0.492 e. The van der Waals surface area contributed by atoms with Gasteiger partial charge in [-0.2, -0.15) is 26.3 Å². The molecule has 11 heteroatoms. The predicted octanol–water partition coefficient (Wildman–Crippen LogP) is 4.51. The van der Waals surface area contributed by atoms with Crippen molar-refractivity contribution in [3.63, 3.8) is 0 Å². The molecule has 2 N–H and O–H groups in total. The molecule has 3 rings (SSSR count). The van der Waals surface area contributed by atoms with Crippen LogP contribution in [0.4, 0.5) is 36.8 Å². The number of amides is 2. The van der Waals surface area contributed by atoms with Gasteiger partial charge in [-0.25, -0.2) is 4.79 Å². The van der Waals surface area contributed by atoms with Crippen molar-refractivity contribution in [2.45, 2.75) is 18.3 Å². The third kappa shape index (κ3) is 3.71. The van der Waals surface area contributed by atoms with E-state index >= 15 is 0 Å². The number of rotatable bonds is 2. The van der Waals surface area contributed by atoms with Crippen LogP contribution in [0.2, 0.25) is 0 Å². The topological polar surface area (TPSA) is 59.6 Å². The van der Waals surface area contributed by atoms with Crippen LogP contribution in [0.5, 0.6) is 11.5 Å². The van der Waals surface area contributed by atoms with Crippen LogP contribution in [0.3, 0.4) is 0 Å². The van der Waals surface area contributed by atoms with Crippen LogP contribution in [-0.2, 0) is 6.18 Å². The van der Waals surface area contributed by atoms with Gasteiger partial charge in [0, 0.05) is 5.69 Å². The van der Waals surface area contributed by atoms with Crippen molar-refractivity contribution in [1.29, 1.82) is 0 Å². The number of carbonyl (C=O) groups excluding carboxylic acids is 1. The number of fused-ring (bicyclic) bond motifs is 1. The number of anilines is 1. The van der Waals surface area contributed by atoms with E-state index in [2.05, 4.69) is 0 Å². The minimum absolute atomic E-state index is 0.159. The van der Waals surface area contributed by atoms with Crippen molar-refractivity contribution in [2.24, 2.45) is 0 Å². The molecule has 0 saturated heterocycles. The summed E-state index contributed by atoms with van der Waals surface area (Å²) < 4.78 is 87.4. The monoisotopic (exact) mass is 392 g/mol. The summed E-state index contributed by atoms with van der Waals surface area (Å²) >= 11 is 0. The van der Waals surface area contributed by atoms with Gasteiger partial charge in [-0.1, -0.05) is 12.1 Å². The average molecular weight is 392 g/mol. The zero-order valence-electron chi connectivity index (χ0n) is 13.1. The Morgan fingerprint density at radius 1 is 0.852 bits per heavy atom. The van der Waals surface area contributed by atoms with Crippen molar-refractivity contribution in [2.75, 3.05) is 5.32 Å². The van der Waals surface area contributed by atoms with Crippen molar-refractivity contribution < 1.29 is 40.6 Å². The smallest absolute Gasteiger partial charge is 0.424 e. The zero-order valence-corrected chi connectivity index (χ0v) is 13.1. The molecule has 2 aromatic carbocycles. The first kappa shape index (κ1) is 18.7. The van der Waals surface area contributed by atoms with E-state index in [-0.39, 0.29) is 17.2 Å². The molecule has 0 saturated carbocycles. The third-order valence-electron chi connectivity index (χ3n) is 3.48. The maximum atomic E-state index is 13.4. The summed E-state index contributed by atoms with van der Waals surface area (Å²) in [7, 11) is 0. The normalized spacial score (nSPS) is 15.3. The van der Waals surface area contributed by atoms with E-state index < -0.39 is 29.9 Å².